The van der Waals surface area contributed by atoms with E-state index in [0.29, 0.717) is 0 Å². The molecule has 0 fully saturated rings. The number of benzene rings is 2. The average molecular weight is 578 g/mol. The molecule has 3 heteroatoms. The van der Waals surface area contributed by atoms with Gasteiger partial charge in [-0.15, -0.1) is 0 Å². The van der Waals surface area contributed by atoms with E-state index in [1.165, 1.54) is 6.08 Å². The van der Waals surface area contributed by atoms with Crippen LogP contribution in [0.5, 0.6) is 0 Å². The number of carbonyl (C=O) groups is 1. The highest BCUT2D eigenvalue weighted by molar-refractivity contribution is 5.94. The maximum atomic E-state index is 12.3. The van der Waals surface area contributed by atoms with Gasteiger partial charge in [0, 0.05) is 82.9 Å². The molecule has 46 heavy (non-hydrogen) atoms. The van der Waals surface area contributed by atoms with Gasteiger partial charge >= 0.3 is 5.97 Å². The summed E-state index contributed by atoms with van der Waals surface area (Å²) in [6.07, 6.45) is 5.23. The summed E-state index contributed by atoms with van der Waals surface area (Å²) in [7, 11) is 0. The molecule has 0 heterocycles. The predicted molar refractivity (Wildman–Crippen MR) is 179 cm³/mol. The zero-order valence-electron chi connectivity index (χ0n) is 24.2. The Morgan fingerprint density at radius 1 is 0.522 bits per heavy atom. The minimum absolute atomic E-state index is 0.221. The van der Waals surface area contributed by atoms with Crippen LogP contribution in [0.2, 0.25) is 0 Å². The molecule has 0 saturated carbocycles. The zero-order valence-corrected chi connectivity index (χ0v) is 24.2. The molecular formula is C43H15NO2. The fraction of sp³-hybridized carbons (Fsp3) is 0.0233. The summed E-state index contributed by atoms with van der Waals surface area (Å²) in [5.74, 6) is 56.4. The molecule has 2 rings (SSSR count). The lowest BCUT2D eigenvalue weighted by molar-refractivity contribution is -0.132. The van der Waals surface area contributed by atoms with Crippen LogP contribution in [0.15, 0.2) is 78.4 Å². The topological polar surface area (TPSA) is 50.1 Å². The van der Waals surface area contributed by atoms with E-state index in [1.54, 1.807) is 13.0 Å². The van der Waals surface area contributed by atoms with Gasteiger partial charge in [-0.25, -0.2) is 4.79 Å². The van der Waals surface area contributed by atoms with Crippen molar-refractivity contribution in [3.8, 4) is 148 Å². The molecule has 0 unspecified atom stereocenters. The number of hydrogen-bond donors (Lipinski definition) is 0. The van der Waals surface area contributed by atoms with Gasteiger partial charge in [0.1, 0.15) is 17.7 Å². The molecule has 0 spiro atoms. The lowest BCUT2D eigenvalue weighted by atomic mass is 9.97. The Kier molecular flexibility index (Phi) is 17.1. The van der Waals surface area contributed by atoms with E-state index in [-0.39, 0.29) is 5.57 Å². The summed E-state index contributed by atoms with van der Waals surface area (Å²) in [5, 5.41) is 9.44. The van der Waals surface area contributed by atoms with Gasteiger partial charge in [-0.2, -0.15) is 5.26 Å². The molecule has 0 amide bonds. The Morgan fingerprint density at radius 3 is 1.22 bits per heavy atom. The summed E-state index contributed by atoms with van der Waals surface area (Å²) >= 11 is 0. The first-order chi connectivity index (χ1) is 22.8. The molecule has 0 aliphatic rings. The number of rotatable bonds is 4. The van der Waals surface area contributed by atoms with Gasteiger partial charge in [-0.05, 0) is 77.1 Å². The van der Waals surface area contributed by atoms with Crippen molar-refractivity contribution in [2.24, 2.45) is 0 Å². The Bertz CT molecular complexity index is 2320. The second kappa shape index (κ2) is 23.3. The number of allylic oxidation sites excluding steroid dienone is 2. The van der Waals surface area contributed by atoms with Crippen LogP contribution < -0.4 is 0 Å². The van der Waals surface area contributed by atoms with E-state index < -0.39 is 5.97 Å². The van der Waals surface area contributed by atoms with E-state index in [9.17, 15) is 10.1 Å². The van der Waals surface area contributed by atoms with Gasteiger partial charge in [-0.3, -0.25) is 0 Å². The molecule has 204 valence electrons. The molecule has 0 aromatic heterocycles. The monoisotopic (exact) mass is 577 g/mol. The highest BCUT2D eigenvalue weighted by Gasteiger charge is 2.10. The van der Waals surface area contributed by atoms with Gasteiger partial charge < -0.3 is 4.74 Å². The largest absolute Gasteiger partial charge is 0.367 e. The van der Waals surface area contributed by atoms with Crippen molar-refractivity contribution in [1.82, 2.24) is 0 Å². The van der Waals surface area contributed by atoms with Crippen molar-refractivity contribution in [3.05, 3.63) is 89.5 Å². The van der Waals surface area contributed by atoms with Crippen LogP contribution in [0.25, 0.3) is 5.57 Å². The minimum Gasteiger partial charge on any atom is -0.367 e. The van der Waals surface area contributed by atoms with Crippen LogP contribution in [-0.4, -0.2) is 5.97 Å². The molecule has 0 aliphatic heterocycles. The van der Waals surface area contributed by atoms with Crippen LogP contribution in [-0.2, 0) is 9.53 Å². The van der Waals surface area contributed by atoms with Crippen molar-refractivity contribution in [1.29, 1.82) is 5.26 Å². The van der Waals surface area contributed by atoms with Crippen LogP contribution >= 0.6 is 0 Å². The first kappa shape index (κ1) is 33.8. The third-order valence-electron chi connectivity index (χ3n) is 4.56. The van der Waals surface area contributed by atoms with Crippen LogP contribution in [0.1, 0.15) is 18.1 Å². The number of carbonyl (C=O) groups excluding carboxylic acids is 1. The average Bonchev–Trinajstić information content (AvgIpc) is 3.09. The fourth-order valence-electron chi connectivity index (χ4n) is 2.75. The highest BCUT2D eigenvalue weighted by atomic mass is 16.5. The smallest absolute Gasteiger partial charge is 0.362 e. The molecule has 0 atom stereocenters. The van der Waals surface area contributed by atoms with Gasteiger partial charge in [-0.1, -0.05) is 72.7 Å². The quantitative estimate of drug-likeness (QED) is 0.181. The van der Waals surface area contributed by atoms with Gasteiger partial charge in [0.05, 0.1) is 0 Å². The van der Waals surface area contributed by atoms with Gasteiger partial charge in [0.2, 0.25) is 0 Å². The summed E-state index contributed by atoms with van der Waals surface area (Å²) in [5.41, 5.74) is 2.47. The van der Waals surface area contributed by atoms with Crippen molar-refractivity contribution < 1.29 is 9.53 Å². The first-order valence-corrected chi connectivity index (χ1v) is 12.8. The van der Waals surface area contributed by atoms with Crippen molar-refractivity contribution >= 4 is 11.5 Å². The standard InChI is InChI=1S/C43H15NO2/c1-2-3-4-5-6-7-8-9-10-11-12-13-14-15-16-17-18-19-20-21-22-23-30-37-46-43(45)41(38-44)35-36-42(39-31-26-24-27-32-39)40-33-28-25-29-34-40/h24-29,31-36H,1H3. The summed E-state index contributed by atoms with van der Waals surface area (Å²) in [6, 6.07) is 21.0. The second-order valence-corrected chi connectivity index (χ2v) is 7.50. The molecule has 0 aliphatic carbocycles. The maximum absolute atomic E-state index is 12.3. The minimum atomic E-state index is -0.901. The van der Waals surface area contributed by atoms with E-state index in [1.807, 2.05) is 66.7 Å². The zero-order chi connectivity index (χ0) is 32.8. The van der Waals surface area contributed by atoms with Crippen molar-refractivity contribution in [2.75, 3.05) is 0 Å². The Morgan fingerprint density at radius 2 is 0.870 bits per heavy atom. The molecule has 0 radical (unpaired) electrons. The predicted octanol–water partition coefficient (Wildman–Crippen LogP) is 4.13. The number of ether oxygens (including phenoxy) is 1. The number of nitriles is 1. The Balaban J connectivity index is 1.89. The Hall–Kier alpha value is -8.40. The molecule has 0 saturated heterocycles. The van der Waals surface area contributed by atoms with Crippen molar-refractivity contribution in [3.63, 3.8) is 0 Å². The first-order valence-electron chi connectivity index (χ1n) is 12.8. The molecule has 0 bridgehead atoms. The third-order valence-corrected chi connectivity index (χ3v) is 4.56. The molecule has 2 aromatic carbocycles. The Labute approximate surface area is 270 Å². The normalized spacial score (nSPS) is 7.09. The lowest BCUT2D eigenvalue weighted by Gasteiger charge is -2.07. The summed E-state index contributed by atoms with van der Waals surface area (Å²) in [4.78, 5) is 12.3. The van der Waals surface area contributed by atoms with Crippen LogP contribution in [0, 0.1) is 154 Å². The lowest BCUT2D eigenvalue weighted by Crippen LogP contribution is -2.02. The highest BCUT2D eigenvalue weighted by Crippen LogP contribution is 2.23. The molecular weight excluding hydrogens is 562 g/mol. The SMILES string of the molecule is CC#CC#CC#CC#CC#CC#CC#CC#CC#CC#CC#CC#COC(=O)C(C#N)=CC=C(c1ccccc1)c1ccccc1. The maximum Gasteiger partial charge on any atom is 0.362 e. The van der Waals surface area contributed by atoms with E-state index in [0.717, 1.165) is 16.7 Å². The van der Waals surface area contributed by atoms with Gasteiger partial charge in [0.15, 0.2) is 0 Å². The third kappa shape index (κ3) is 15.4. The van der Waals surface area contributed by atoms with E-state index >= 15 is 0 Å². The van der Waals surface area contributed by atoms with E-state index in [4.69, 9.17) is 4.74 Å². The number of esters is 1. The van der Waals surface area contributed by atoms with E-state index in [2.05, 4.69) is 142 Å². The number of nitrogens with zero attached hydrogens (tertiary/aromatic N) is 1. The molecule has 0 N–H and O–H groups in total. The molecule has 3 nitrogen and oxygen atoms in total. The summed E-state index contributed by atoms with van der Waals surface area (Å²) in [6.45, 7) is 1.69. The van der Waals surface area contributed by atoms with Crippen molar-refractivity contribution in [2.45, 2.75) is 6.92 Å². The van der Waals surface area contributed by atoms with Gasteiger partial charge in [0.25, 0.3) is 0 Å². The fourth-order valence-corrected chi connectivity index (χ4v) is 2.75. The van der Waals surface area contributed by atoms with Crippen LogP contribution in [0.3, 0.4) is 0 Å². The van der Waals surface area contributed by atoms with Crippen LogP contribution in [0.4, 0.5) is 0 Å². The molecule has 2 aromatic rings. The number of hydrogen-bond acceptors (Lipinski definition) is 3. The second-order valence-electron chi connectivity index (χ2n) is 7.50. The summed E-state index contributed by atoms with van der Waals surface area (Å²) < 4.78 is 4.82.